The zero-order valence-corrected chi connectivity index (χ0v) is 16.9. The molecule has 0 bridgehead atoms. The number of hydrogen-bond donors (Lipinski definition) is 1. The third kappa shape index (κ3) is 4.31. The highest BCUT2D eigenvalue weighted by Gasteiger charge is 2.11. The number of anilines is 1. The summed E-state index contributed by atoms with van der Waals surface area (Å²) in [5, 5.41) is 4.61. The molecule has 4 nitrogen and oxygen atoms in total. The summed E-state index contributed by atoms with van der Waals surface area (Å²) in [6.07, 6.45) is 1.85. The molecule has 0 atom stereocenters. The van der Waals surface area contributed by atoms with Crippen LogP contribution in [0, 0.1) is 6.92 Å². The van der Waals surface area contributed by atoms with Gasteiger partial charge in [0.1, 0.15) is 22.2 Å². The second-order valence-electron chi connectivity index (χ2n) is 6.74. The van der Waals surface area contributed by atoms with E-state index in [-0.39, 0.29) is 0 Å². The van der Waals surface area contributed by atoms with Crippen LogP contribution in [0.2, 0.25) is 0 Å². The number of hydrogen-bond acceptors (Lipinski definition) is 5. The van der Waals surface area contributed by atoms with Crippen molar-refractivity contribution in [2.45, 2.75) is 19.8 Å². The number of nitrogens with zero attached hydrogens (tertiary/aromatic N) is 2. The molecule has 142 valence electrons. The van der Waals surface area contributed by atoms with Crippen molar-refractivity contribution < 1.29 is 4.74 Å². The Morgan fingerprint density at radius 2 is 1.75 bits per heavy atom. The SMILES string of the molecule is COc1ccc(CCNc2nc(C)nc3sc(Cc4ccccc4)cc23)cc1. The molecule has 0 aliphatic heterocycles. The van der Waals surface area contributed by atoms with E-state index in [4.69, 9.17) is 4.74 Å². The van der Waals surface area contributed by atoms with E-state index in [9.17, 15) is 0 Å². The van der Waals surface area contributed by atoms with Gasteiger partial charge in [0, 0.05) is 17.8 Å². The Hall–Kier alpha value is -2.92. The summed E-state index contributed by atoms with van der Waals surface area (Å²) in [7, 11) is 1.69. The van der Waals surface area contributed by atoms with Gasteiger partial charge in [-0.15, -0.1) is 11.3 Å². The zero-order valence-electron chi connectivity index (χ0n) is 16.1. The van der Waals surface area contributed by atoms with Crippen molar-refractivity contribution in [3.8, 4) is 5.75 Å². The van der Waals surface area contributed by atoms with Crippen LogP contribution in [0.3, 0.4) is 0 Å². The van der Waals surface area contributed by atoms with E-state index >= 15 is 0 Å². The van der Waals surface area contributed by atoms with Crippen LogP contribution in [0.25, 0.3) is 10.2 Å². The van der Waals surface area contributed by atoms with Gasteiger partial charge in [-0.2, -0.15) is 0 Å². The molecule has 0 amide bonds. The van der Waals surface area contributed by atoms with Crippen LogP contribution in [-0.2, 0) is 12.8 Å². The van der Waals surface area contributed by atoms with Crippen molar-refractivity contribution in [2.75, 3.05) is 19.0 Å². The van der Waals surface area contributed by atoms with Gasteiger partial charge in [0.2, 0.25) is 0 Å². The molecule has 0 aliphatic rings. The first-order valence-corrected chi connectivity index (χ1v) is 10.2. The lowest BCUT2D eigenvalue weighted by atomic mass is 10.1. The van der Waals surface area contributed by atoms with Crippen molar-refractivity contribution >= 4 is 27.4 Å². The quantitative estimate of drug-likeness (QED) is 0.469. The van der Waals surface area contributed by atoms with Crippen molar-refractivity contribution in [3.05, 3.63) is 82.5 Å². The summed E-state index contributed by atoms with van der Waals surface area (Å²) in [6, 6.07) is 21.0. The van der Waals surface area contributed by atoms with Crippen molar-refractivity contribution in [2.24, 2.45) is 0 Å². The number of methoxy groups -OCH3 is 1. The molecular weight excluding hydrogens is 366 g/mol. The molecule has 2 aromatic heterocycles. The van der Waals surface area contributed by atoms with Gasteiger partial charge in [0.25, 0.3) is 0 Å². The molecule has 0 saturated carbocycles. The molecular formula is C23H23N3OS. The Morgan fingerprint density at radius 1 is 0.964 bits per heavy atom. The highest BCUT2D eigenvalue weighted by Crippen LogP contribution is 2.30. The molecule has 2 heterocycles. The van der Waals surface area contributed by atoms with Crippen LogP contribution in [0.5, 0.6) is 5.75 Å². The summed E-state index contributed by atoms with van der Waals surface area (Å²) in [5.41, 5.74) is 2.58. The lowest BCUT2D eigenvalue weighted by molar-refractivity contribution is 0.414. The van der Waals surface area contributed by atoms with Gasteiger partial charge in [-0.1, -0.05) is 42.5 Å². The first kappa shape index (κ1) is 18.4. The van der Waals surface area contributed by atoms with E-state index in [0.29, 0.717) is 0 Å². The van der Waals surface area contributed by atoms with Crippen LogP contribution >= 0.6 is 11.3 Å². The van der Waals surface area contributed by atoms with Crippen molar-refractivity contribution in [3.63, 3.8) is 0 Å². The number of thiophene rings is 1. The molecule has 0 aliphatic carbocycles. The topological polar surface area (TPSA) is 47.0 Å². The lowest BCUT2D eigenvalue weighted by Crippen LogP contribution is -2.07. The molecule has 0 unspecified atom stereocenters. The predicted molar refractivity (Wildman–Crippen MR) is 117 cm³/mol. The minimum Gasteiger partial charge on any atom is -0.497 e. The van der Waals surface area contributed by atoms with E-state index in [1.54, 1.807) is 18.4 Å². The van der Waals surface area contributed by atoms with E-state index in [2.05, 4.69) is 57.7 Å². The molecule has 4 rings (SSSR count). The number of rotatable bonds is 7. The first-order chi connectivity index (χ1) is 13.7. The largest absolute Gasteiger partial charge is 0.497 e. The second-order valence-corrected chi connectivity index (χ2v) is 7.85. The fourth-order valence-corrected chi connectivity index (χ4v) is 4.32. The summed E-state index contributed by atoms with van der Waals surface area (Å²) in [5.74, 6) is 2.60. The smallest absolute Gasteiger partial charge is 0.138 e. The second kappa shape index (κ2) is 8.40. The van der Waals surface area contributed by atoms with Gasteiger partial charge >= 0.3 is 0 Å². The zero-order chi connectivity index (χ0) is 19.3. The highest BCUT2D eigenvalue weighted by molar-refractivity contribution is 7.18. The first-order valence-electron chi connectivity index (χ1n) is 9.39. The van der Waals surface area contributed by atoms with Gasteiger partial charge in [-0.25, -0.2) is 9.97 Å². The number of ether oxygens (including phenoxy) is 1. The van der Waals surface area contributed by atoms with E-state index in [0.717, 1.165) is 47.0 Å². The Morgan fingerprint density at radius 3 is 2.50 bits per heavy atom. The molecule has 0 spiro atoms. The maximum Gasteiger partial charge on any atom is 0.138 e. The highest BCUT2D eigenvalue weighted by atomic mass is 32.1. The maximum atomic E-state index is 5.22. The summed E-state index contributed by atoms with van der Waals surface area (Å²) >= 11 is 1.75. The number of nitrogens with one attached hydrogen (secondary N) is 1. The van der Waals surface area contributed by atoms with Gasteiger partial charge in [-0.3, -0.25) is 0 Å². The summed E-state index contributed by atoms with van der Waals surface area (Å²) in [6.45, 7) is 2.77. The average molecular weight is 390 g/mol. The molecule has 5 heteroatoms. The molecule has 28 heavy (non-hydrogen) atoms. The molecule has 2 aromatic carbocycles. The minimum absolute atomic E-state index is 0.799. The third-order valence-electron chi connectivity index (χ3n) is 4.64. The Balaban J connectivity index is 1.49. The number of fused-ring (bicyclic) bond motifs is 1. The van der Waals surface area contributed by atoms with Gasteiger partial charge in [-0.05, 0) is 42.7 Å². The normalized spacial score (nSPS) is 10.9. The molecule has 0 saturated heterocycles. The molecule has 0 fully saturated rings. The van der Waals surface area contributed by atoms with Crippen LogP contribution in [0.1, 0.15) is 21.8 Å². The van der Waals surface area contributed by atoms with Gasteiger partial charge in [0.15, 0.2) is 0 Å². The van der Waals surface area contributed by atoms with Gasteiger partial charge in [0.05, 0.1) is 12.5 Å². The fraction of sp³-hybridized carbons (Fsp3) is 0.217. The Bertz CT molecular complexity index is 1060. The van der Waals surface area contributed by atoms with Crippen LogP contribution in [0.15, 0.2) is 60.7 Å². The maximum absolute atomic E-state index is 5.22. The van der Waals surface area contributed by atoms with Crippen molar-refractivity contribution in [1.29, 1.82) is 0 Å². The summed E-state index contributed by atoms with van der Waals surface area (Å²) in [4.78, 5) is 11.6. The summed E-state index contributed by atoms with van der Waals surface area (Å²) < 4.78 is 5.22. The predicted octanol–water partition coefficient (Wildman–Crippen LogP) is 5.25. The average Bonchev–Trinajstić information content (AvgIpc) is 3.11. The standard InChI is InChI=1S/C23H23N3OS/c1-16-25-22(24-13-12-17-8-10-19(27-2)11-9-17)21-15-20(28-23(21)26-16)14-18-6-4-3-5-7-18/h3-11,15H,12-14H2,1-2H3,(H,24,25,26). The van der Waals surface area contributed by atoms with Crippen LogP contribution in [0.4, 0.5) is 5.82 Å². The fourth-order valence-electron chi connectivity index (χ4n) is 3.21. The minimum atomic E-state index is 0.799. The molecule has 4 aromatic rings. The van der Waals surface area contributed by atoms with E-state index in [1.165, 1.54) is 16.0 Å². The van der Waals surface area contributed by atoms with E-state index in [1.807, 2.05) is 25.1 Å². The van der Waals surface area contributed by atoms with Gasteiger partial charge < -0.3 is 10.1 Å². The van der Waals surface area contributed by atoms with Crippen LogP contribution < -0.4 is 10.1 Å². The third-order valence-corrected chi connectivity index (χ3v) is 5.67. The number of aromatic nitrogens is 2. The molecule has 0 radical (unpaired) electrons. The lowest BCUT2D eigenvalue weighted by Gasteiger charge is -2.08. The molecule has 1 N–H and O–H groups in total. The Labute approximate surface area is 169 Å². The van der Waals surface area contributed by atoms with Crippen LogP contribution in [-0.4, -0.2) is 23.6 Å². The monoisotopic (exact) mass is 389 g/mol. The number of benzene rings is 2. The van der Waals surface area contributed by atoms with E-state index < -0.39 is 0 Å². The van der Waals surface area contributed by atoms with Crippen molar-refractivity contribution in [1.82, 2.24) is 9.97 Å². The Kier molecular flexibility index (Phi) is 5.53. The number of aryl methyl sites for hydroxylation is 1.